The number of rotatable bonds is 1. The van der Waals surface area contributed by atoms with E-state index in [0.717, 1.165) is 17.0 Å². The molecule has 0 spiro atoms. The van der Waals surface area contributed by atoms with E-state index in [4.69, 9.17) is 4.74 Å². The van der Waals surface area contributed by atoms with E-state index in [9.17, 15) is 4.79 Å². The minimum atomic E-state index is -0.471. The molecule has 3 rings (SSSR count). The molecule has 1 aliphatic rings. The molecule has 1 aromatic carbocycles. The van der Waals surface area contributed by atoms with Gasteiger partial charge in [0, 0.05) is 12.1 Å². The molecule has 0 atom stereocenters. The Hall–Kier alpha value is -2.30. The molecule has 1 amide bonds. The molecule has 122 valence electrons. The van der Waals surface area contributed by atoms with Crippen LogP contribution in [-0.2, 0) is 17.8 Å². The van der Waals surface area contributed by atoms with Gasteiger partial charge < -0.3 is 9.64 Å². The maximum Gasteiger partial charge on any atom is 0.410 e. The second kappa shape index (κ2) is 5.72. The standard InChI is InChI=1S/C18H23N3O2/c1-13-6-5-7-14(10-13)16-11-15-12-20(8-9-21(15)19-16)17(22)23-18(2,3)4/h5-7,10-11H,8-9,12H2,1-4H3. The van der Waals surface area contributed by atoms with Gasteiger partial charge in [0.1, 0.15) is 5.60 Å². The smallest absolute Gasteiger partial charge is 0.410 e. The van der Waals surface area contributed by atoms with Gasteiger partial charge >= 0.3 is 6.09 Å². The van der Waals surface area contributed by atoms with Crippen molar-refractivity contribution in [2.45, 2.75) is 46.4 Å². The third-order valence-electron chi connectivity index (χ3n) is 3.76. The number of nitrogens with zero attached hydrogens (tertiary/aromatic N) is 3. The molecule has 5 heteroatoms. The van der Waals surface area contributed by atoms with E-state index in [1.54, 1.807) is 4.90 Å². The van der Waals surface area contributed by atoms with Gasteiger partial charge in [-0.2, -0.15) is 5.10 Å². The number of aromatic nitrogens is 2. The van der Waals surface area contributed by atoms with Crippen LogP contribution in [0, 0.1) is 6.92 Å². The summed E-state index contributed by atoms with van der Waals surface area (Å²) in [4.78, 5) is 14.0. The Morgan fingerprint density at radius 1 is 1.22 bits per heavy atom. The van der Waals surface area contributed by atoms with Gasteiger partial charge in [-0.1, -0.05) is 23.8 Å². The number of carbonyl (C=O) groups excluding carboxylic acids is 1. The minimum absolute atomic E-state index is 0.262. The van der Waals surface area contributed by atoms with E-state index >= 15 is 0 Å². The molecular weight excluding hydrogens is 290 g/mol. The first kappa shape index (κ1) is 15.6. The number of benzene rings is 1. The number of fused-ring (bicyclic) bond motifs is 1. The molecule has 0 bridgehead atoms. The van der Waals surface area contributed by atoms with Crippen molar-refractivity contribution < 1.29 is 9.53 Å². The number of carbonyl (C=O) groups is 1. The molecule has 0 N–H and O–H groups in total. The lowest BCUT2D eigenvalue weighted by molar-refractivity contribution is 0.0194. The van der Waals surface area contributed by atoms with Crippen LogP contribution in [0.4, 0.5) is 4.79 Å². The molecule has 2 aromatic rings. The number of hydrogen-bond donors (Lipinski definition) is 0. The van der Waals surface area contributed by atoms with Crippen LogP contribution >= 0.6 is 0 Å². The molecule has 23 heavy (non-hydrogen) atoms. The van der Waals surface area contributed by atoms with Crippen LogP contribution in [0.2, 0.25) is 0 Å². The molecule has 0 saturated heterocycles. The van der Waals surface area contributed by atoms with Gasteiger partial charge in [0.2, 0.25) is 0 Å². The summed E-state index contributed by atoms with van der Waals surface area (Å²) in [6, 6.07) is 10.4. The SMILES string of the molecule is Cc1cccc(-c2cc3n(n2)CCN(C(=O)OC(C)(C)C)C3)c1. The Labute approximate surface area is 136 Å². The summed E-state index contributed by atoms with van der Waals surface area (Å²) in [6.45, 7) is 9.58. The monoisotopic (exact) mass is 313 g/mol. The summed E-state index contributed by atoms with van der Waals surface area (Å²) < 4.78 is 7.44. The van der Waals surface area contributed by atoms with Crippen LogP contribution in [0.1, 0.15) is 32.0 Å². The zero-order valence-corrected chi connectivity index (χ0v) is 14.2. The lowest BCUT2D eigenvalue weighted by atomic mass is 10.1. The quantitative estimate of drug-likeness (QED) is 0.808. The fraction of sp³-hybridized carbons (Fsp3) is 0.444. The van der Waals surface area contributed by atoms with Gasteiger partial charge in [0.15, 0.2) is 0 Å². The zero-order chi connectivity index (χ0) is 16.6. The maximum absolute atomic E-state index is 12.2. The van der Waals surface area contributed by atoms with Crippen LogP contribution in [-0.4, -0.2) is 32.9 Å². The van der Waals surface area contributed by atoms with Crippen molar-refractivity contribution in [3.8, 4) is 11.3 Å². The Kier molecular flexibility index (Phi) is 3.88. The molecule has 0 fully saturated rings. The lowest BCUT2D eigenvalue weighted by Crippen LogP contribution is -2.41. The number of aryl methyl sites for hydroxylation is 1. The van der Waals surface area contributed by atoms with E-state index in [2.05, 4.69) is 36.3 Å². The molecule has 0 saturated carbocycles. The van der Waals surface area contributed by atoms with Crippen molar-refractivity contribution in [2.75, 3.05) is 6.54 Å². The number of amides is 1. The van der Waals surface area contributed by atoms with Gasteiger partial charge in [-0.15, -0.1) is 0 Å². The Balaban J connectivity index is 1.78. The van der Waals surface area contributed by atoms with Crippen molar-refractivity contribution in [3.05, 3.63) is 41.6 Å². The van der Waals surface area contributed by atoms with E-state index < -0.39 is 5.60 Å². The van der Waals surface area contributed by atoms with E-state index in [-0.39, 0.29) is 6.09 Å². The highest BCUT2D eigenvalue weighted by molar-refractivity contribution is 5.68. The molecule has 0 radical (unpaired) electrons. The van der Waals surface area contributed by atoms with Crippen molar-refractivity contribution in [1.29, 1.82) is 0 Å². The van der Waals surface area contributed by atoms with E-state index in [0.29, 0.717) is 19.6 Å². The predicted octanol–water partition coefficient (Wildman–Crippen LogP) is 3.61. The summed E-state index contributed by atoms with van der Waals surface area (Å²) in [5.41, 5.74) is 3.84. The largest absolute Gasteiger partial charge is 0.444 e. The summed E-state index contributed by atoms with van der Waals surface area (Å²) in [6.07, 6.45) is -0.262. The molecule has 2 heterocycles. The molecule has 1 aromatic heterocycles. The summed E-state index contributed by atoms with van der Waals surface area (Å²) in [7, 11) is 0. The summed E-state index contributed by atoms with van der Waals surface area (Å²) >= 11 is 0. The van der Waals surface area contributed by atoms with Crippen LogP contribution < -0.4 is 0 Å². The van der Waals surface area contributed by atoms with Crippen LogP contribution in [0.15, 0.2) is 30.3 Å². The second-order valence-electron chi connectivity index (χ2n) is 7.02. The van der Waals surface area contributed by atoms with Crippen LogP contribution in [0.5, 0.6) is 0 Å². The topological polar surface area (TPSA) is 47.4 Å². The Bertz CT molecular complexity index is 728. The van der Waals surface area contributed by atoms with Gasteiger partial charge in [-0.3, -0.25) is 4.68 Å². The summed E-state index contributed by atoms with van der Waals surface area (Å²) in [5.74, 6) is 0. The van der Waals surface area contributed by atoms with Gasteiger partial charge in [-0.05, 0) is 39.8 Å². The lowest BCUT2D eigenvalue weighted by Gasteiger charge is -2.30. The van der Waals surface area contributed by atoms with Gasteiger partial charge in [-0.25, -0.2) is 4.79 Å². The van der Waals surface area contributed by atoms with Crippen LogP contribution in [0.3, 0.4) is 0 Å². The highest BCUT2D eigenvalue weighted by atomic mass is 16.6. The third kappa shape index (κ3) is 3.55. The van der Waals surface area contributed by atoms with Crippen molar-refractivity contribution in [1.82, 2.24) is 14.7 Å². The highest BCUT2D eigenvalue weighted by Crippen LogP contribution is 2.23. The molecule has 1 aliphatic heterocycles. The maximum atomic E-state index is 12.2. The number of ether oxygens (including phenoxy) is 1. The second-order valence-corrected chi connectivity index (χ2v) is 7.02. The van der Waals surface area contributed by atoms with Gasteiger partial charge in [0.05, 0.1) is 24.5 Å². The predicted molar refractivity (Wildman–Crippen MR) is 89.0 cm³/mol. The minimum Gasteiger partial charge on any atom is -0.444 e. The van der Waals surface area contributed by atoms with Crippen molar-refractivity contribution >= 4 is 6.09 Å². The Morgan fingerprint density at radius 3 is 2.70 bits per heavy atom. The normalized spacial score (nSPS) is 14.5. The first-order valence-corrected chi connectivity index (χ1v) is 7.93. The molecule has 0 unspecified atom stereocenters. The molecular formula is C18H23N3O2. The zero-order valence-electron chi connectivity index (χ0n) is 14.2. The van der Waals surface area contributed by atoms with Crippen molar-refractivity contribution in [3.63, 3.8) is 0 Å². The molecule has 5 nitrogen and oxygen atoms in total. The third-order valence-corrected chi connectivity index (χ3v) is 3.76. The van der Waals surface area contributed by atoms with Crippen molar-refractivity contribution in [2.24, 2.45) is 0 Å². The number of hydrogen-bond acceptors (Lipinski definition) is 3. The highest BCUT2D eigenvalue weighted by Gasteiger charge is 2.26. The van der Waals surface area contributed by atoms with Crippen LogP contribution in [0.25, 0.3) is 11.3 Å². The average Bonchev–Trinajstić information content (AvgIpc) is 2.88. The fourth-order valence-electron chi connectivity index (χ4n) is 2.69. The summed E-state index contributed by atoms with van der Waals surface area (Å²) in [5, 5.41) is 4.67. The fourth-order valence-corrected chi connectivity index (χ4v) is 2.69. The Morgan fingerprint density at radius 2 is 2.00 bits per heavy atom. The molecule has 0 aliphatic carbocycles. The van der Waals surface area contributed by atoms with E-state index in [1.165, 1.54) is 5.56 Å². The average molecular weight is 313 g/mol. The first-order valence-electron chi connectivity index (χ1n) is 7.93. The first-order chi connectivity index (χ1) is 10.8. The van der Waals surface area contributed by atoms with Gasteiger partial charge in [0.25, 0.3) is 0 Å². The van der Waals surface area contributed by atoms with E-state index in [1.807, 2.05) is 31.5 Å².